The highest BCUT2D eigenvalue weighted by Crippen LogP contribution is 2.06. The maximum atomic E-state index is 11.2. The second-order valence-electron chi connectivity index (χ2n) is 3.23. The van der Waals surface area contributed by atoms with Crippen LogP contribution in [0.15, 0.2) is 0 Å². The molecule has 6 nitrogen and oxygen atoms in total. The molecule has 0 unspecified atom stereocenters. The maximum Gasteiger partial charge on any atom is 0.267 e. The third-order valence-corrected chi connectivity index (χ3v) is 4.48. The lowest BCUT2D eigenvalue weighted by molar-refractivity contribution is 0.273. The van der Waals surface area contributed by atoms with Gasteiger partial charge < -0.3 is 0 Å². The van der Waals surface area contributed by atoms with Crippen LogP contribution in [0.1, 0.15) is 19.3 Å². The van der Waals surface area contributed by atoms with Gasteiger partial charge in [-0.1, -0.05) is 0 Å². The zero-order valence-corrected chi connectivity index (χ0v) is 9.85. The average Bonchev–Trinajstić information content (AvgIpc) is 2.11. The Balaban J connectivity index is 2.63. The molecule has 0 aliphatic carbocycles. The lowest BCUT2D eigenvalue weighted by atomic mass is 10.3. The third-order valence-electron chi connectivity index (χ3n) is 1.85. The monoisotopic (exact) mass is 258 g/mol. The van der Waals surface area contributed by atoms with Gasteiger partial charge in [-0.05, 0) is 19.3 Å². The summed E-state index contributed by atoms with van der Waals surface area (Å²) < 4.78 is 53.9. The SMILES string of the molecule is O=S1(=O)CCCS(=O)(=O)OCCCCO1. The van der Waals surface area contributed by atoms with Crippen molar-refractivity contribution in [1.82, 2.24) is 0 Å². The Morgan fingerprint density at radius 3 is 1.47 bits per heavy atom. The molecule has 1 rings (SSSR count). The van der Waals surface area contributed by atoms with E-state index >= 15 is 0 Å². The Bertz CT molecular complexity index is 344. The van der Waals surface area contributed by atoms with Crippen molar-refractivity contribution in [3.8, 4) is 0 Å². The van der Waals surface area contributed by atoms with Gasteiger partial charge >= 0.3 is 0 Å². The molecule has 0 radical (unpaired) electrons. The van der Waals surface area contributed by atoms with E-state index in [-0.39, 0.29) is 31.1 Å². The van der Waals surface area contributed by atoms with Gasteiger partial charge in [-0.25, -0.2) is 0 Å². The highest BCUT2D eigenvalue weighted by molar-refractivity contribution is 7.87. The van der Waals surface area contributed by atoms with E-state index < -0.39 is 20.2 Å². The first-order valence-electron chi connectivity index (χ1n) is 4.65. The molecule has 0 aromatic heterocycles. The molecule has 0 atom stereocenters. The maximum absolute atomic E-state index is 11.2. The Morgan fingerprint density at radius 1 is 0.667 bits per heavy atom. The minimum atomic E-state index is -3.57. The minimum absolute atomic E-state index is 0.00463. The highest BCUT2D eigenvalue weighted by Gasteiger charge is 2.17. The second kappa shape index (κ2) is 5.24. The van der Waals surface area contributed by atoms with Gasteiger partial charge in [0.15, 0.2) is 0 Å². The van der Waals surface area contributed by atoms with Crippen LogP contribution in [-0.4, -0.2) is 41.6 Å². The molecule has 0 aromatic carbocycles. The fraction of sp³-hybridized carbons (Fsp3) is 1.00. The van der Waals surface area contributed by atoms with E-state index in [1.54, 1.807) is 0 Å². The van der Waals surface area contributed by atoms with Gasteiger partial charge in [0.1, 0.15) is 0 Å². The molecule has 1 aliphatic rings. The molecule has 0 aromatic rings. The van der Waals surface area contributed by atoms with Crippen molar-refractivity contribution in [2.75, 3.05) is 24.7 Å². The Labute approximate surface area is 89.8 Å². The van der Waals surface area contributed by atoms with Gasteiger partial charge in [0.05, 0.1) is 24.7 Å². The first-order valence-corrected chi connectivity index (χ1v) is 7.81. The van der Waals surface area contributed by atoms with Crippen LogP contribution in [0, 0.1) is 0 Å². The normalized spacial score (nSPS) is 27.7. The van der Waals surface area contributed by atoms with E-state index in [9.17, 15) is 16.8 Å². The molecule has 0 N–H and O–H groups in total. The van der Waals surface area contributed by atoms with E-state index in [1.807, 2.05) is 0 Å². The fourth-order valence-corrected chi connectivity index (χ4v) is 3.26. The summed E-state index contributed by atoms with van der Waals surface area (Å²) in [7, 11) is -7.14. The van der Waals surface area contributed by atoms with Crippen molar-refractivity contribution in [3.05, 3.63) is 0 Å². The summed E-state index contributed by atoms with van der Waals surface area (Å²) in [6.45, 7) is 0.178. The van der Waals surface area contributed by atoms with E-state index in [2.05, 4.69) is 8.37 Å². The average molecular weight is 258 g/mol. The summed E-state index contributed by atoms with van der Waals surface area (Å²) in [6, 6.07) is 0. The van der Waals surface area contributed by atoms with Gasteiger partial charge in [0, 0.05) is 0 Å². The van der Waals surface area contributed by atoms with Crippen LogP contribution >= 0.6 is 0 Å². The summed E-state index contributed by atoms with van der Waals surface area (Å²) in [5.41, 5.74) is 0. The van der Waals surface area contributed by atoms with E-state index in [0.717, 1.165) is 0 Å². The number of hydrogen-bond donors (Lipinski definition) is 0. The molecule has 8 heteroatoms. The minimum Gasteiger partial charge on any atom is -0.270 e. The van der Waals surface area contributed by atoms with Crippen molar-refractivity contribution < 1.29 is 25.2 Å². The largest absolute Gasteiger partial charge is 0.270 e. The quantitative estimate of drug-likeness (QED) is 0.562. The van der Waals surface area contributed by atoms with Gasteiger partial charge in [-0.2, -0.15) is 16.8 Å². The van der Waals surface area contributed by atoms with Crippen LogP contribution < -0.4 is 0 Å². The predicted octanol–water partition coefficient (Wildman–Crippen LogP) is -0.137. The molecule has 0 bridgehead atoms. The van der Waals surface area contributed by atoms with Gasteiger partial charge in [-0.3, -0.25) is 8.37 Å². The van der Waals surface area contributed by atoms with Gasteiger partial charge in [0.2, 0.25) is 0 Å². The summed E-state index contributed by atoms with van der Waals surface area (Å²) in [6.07, 6.45) is 0.939. The van der Waals surface area contributed by atoms with E-state index in [1.165, 1.54) is 0 Å². The molecule has 15 heavy (non-hydrogen) atoms. The van der Waals surface area contributed by atoms with Crippen LogP contribution in [0.3, 0.4) is 0 Å². The molecular weight excluding hydrogens is 244 g/mol. The molecular formula is C7H14O6S2. The summed E-state index contributed by atoms with van der Waals surface area (Å²) in [5, 5.41) is 0. The molecule has 0 spiro atoms. The van der Waals surface area contributed by atoms with Crippen molar-refractivity contribution in [2.24, 2.45) is 0 Å². The Hall–Kier alpha value is -0.180. The van der Waals surface area contributed by atoms with Crippen LogP contribution in [-0.2, 0) is 28.6 Å². The lowest BCUT2D eigenvalue weighted by Crippen LogP contribution is -2.15. The lowest BCUT2D eigenvalue weighted by Gasteiger charge is -2.02. The highest BCUT2D eigenvalue weighted by atomic mass is 32.2. The van der Waals surface area contributed by atoms with Crippen molar-refractivity contribution in [1.29, 1.82) is 0 Å². The standard InChI is InChI=1S/C7H14O6S2/c8-14(9)6-3-7-15(10,11)13-5-2-1-4-12-14/h1-7H2. The zero-order valence-electron chi connectivity index (χ0n) is 8.22. The van der Waals surface area contributed by atoms with Crippen molar-refractivity contribution in [3.63, 3.8) is 0 Å². The molecule has 1 aliphatic heterocycles. The summed E-state index contributed by atoms with van der Waals surface area (Å²) in [4.78, 5) is 0. The molecule has 1 heterocycles. The van der Waals surface area contributed by atoms with E-state index in [0.29, 0.717) is 12.8 Å². The molecule has 0 saturated carbocycles. The molecule has 90 valence electrons. The van der Waals surface area contributed by atoms with E-state index in [4.69, 9.17) is 0 Å². The summed E-state index contributed by atoms with van der Waals surface area (Å²) >= 11 is 0. The summed E-state index contributed by atoms with van der Waals surface area (Å²) in [5.74, 6) is -0.564. The number of rotatable bonds is 0. The topological polar surface area (TPSA) is 86.7 Å². The van der Waals surface area contributed by atoms with Gasteiger partial charge in [0.25, 0.3) is 20.2 Å². The van der Waals surface area contributed by atoms with Crippen LogP contribution in [0.2, 0.25) is 0 Å². The van der Waals surface area contributed by atoms with Crippen molar-refractivity contribution in [2.45, 2.75) is 19.3 Å². The predicted molar refractivity (Wildman–Crippen MR) is 53.3 cm³/mol. The first-order chi connectivity index (χ1) is 6.91. The van der Waals surface area contributed by atoms with Crippen molar-refractivity contribution >= 4 is 20.2 Å². The van der Waals surface area contributed by atoms with Crippen LogP contribution in [0.4, 0.5) is 0 Å². The molecule has 1 saturated heterocycles. The van der Waals surface area contributed by atoms with Crippen LogP contribution in [0.25, 0.3) is 0 Å². The van der Waals surface area contributed by atoms with Crippen LogP contribution in [0.5, 0.6) is 0 Å². The smallest absolute Gasteiger partial charge is 0.267 e. The number of hydrogen-bond acceptors (Lipinski definition) is 6. The Morgan fingerprint density at radius 2 is 1.07 bits per heavy atom. The zero-order chi connectivity index (χ0) is 11.4. The fourth-order valence-electron chi connectivity index (χ4n) is 1.11. The second-order valence-corrected chi connectivity index (χ2v) is 6.75. The molecule has 1 fully saturated rings. The first kappa shape index (κ1) is 12.9. The Kier molecular flexibility index (Phi) is 4.50. The van der Waals surface area contributed by atoms with Gasteiger partial charge in [-0.15, -0.1) is 0 Å². The third kappa shape index (κ3) is 5.45. The molecule has 0 amide bonds.